The van der Waals surface area contributed by atoms with Crippen LogP contribution in [0, 0.1) is 17.6 Å². The highest BCUT2D eigenvalue weighted by Crippen LogP contribution is 2.48. The van der Waals surface area contributed by atoms with Crippen molar-refractivity contribution in [1.82, 2.24) is 5.32 Å². The number of carbonyl (C=O) groups is 1. The summed E-state index contributed by atoms with van der Waals surface area (Å²) >= 11 is 1.70. The van der Waals surface area contributed by atoms with Gasteiger partial charge in [0.15, 0.2) is 0 Å². The standard InChI is InChI=1S/C19H17F2NOS/c20-12-3-1-11(2-4-12)14-10-15(14)19(23)22-17-7-8-24-18-6-5-13(21)9-16(17)18/h1-6,9,14-15,17H,7-8,10H2,(H,22,23). The molecule has 1 aliphatic carbocycles. The summed E-state index contributed by atoms with van der Waals surface area (Å²) in [5.41, 5.74) is 1.88. The van der Waals surface area contributed by atoms with E-state index in [0.29, 0.717) is 0 Å². The summed E-state index contributed by atoms with van der Waals surface area (Å²) in [7, 11) is 0. The molecular weight excluding hydrogens is 328 g/mol. The van der Waals surface area contributed by atoms with Gasteiger partial charge in [0.25, 0.3) is 0 Å². The van der Waals surface area contributed by atoms with Crippen LogP contribution in [0.25, 0.3) is 0 Å². The van der Waals surface area contributed by atoms with Crippen molar-refractivity contribution in [3.8, 4) is 0 Å². The Kier molecular flexibility index (Phi) is 4.04. The van der Waals surface area contributed by atoms with Crippen molar-refractivity contribution in [2.24, 2.45) is 5.92 Å². The van der Waals surface area contributed by atoms with E-state index in [0.717, 1.165) is 34.6 Å². The van der Waals surface area contributed by atoms with Gasteiger partial charge in [-0.15, -0.1) is 11.8 Å². The van der Waals surface area contributed by atoms with E-state index in [1.165, 1.54) is 24.3 Å². The minimum atomic E-state index is -0.272. The molecule has 1 saturated carbocycles. The van der Waals surface area contributed by atoms with Gasteiger partial charge in [0.1, 0.15) is 11.6 Å². The number of hydrogen-bond donors (Lipinski definition) is 1. The molecule has 0 aromatic heterocycles. The van der Waals surface area contributed by atoms with E-state index in [9.17, 15) is 13.6 Å². The summed E-state index contributed by atoms with van der Waals surface area (Å²) in [5, 5.41) is 3.08. The number of halogens is 2. The summed E-state index contributed by atoms with van der Waals surface area (Å²) < 4.78 is 26.5. The van der Waals surface area contributed by atoms with Crippen LogP contribution in [-0.2, 0) is 4.79 Å². The molecule has 0 saturated heterocycles. The number of amides is 1. The average Bonchev–Trinajstić information content (AvgIpc) is 3.37. The van der Waals surface area contributed by atoms with E-state index in [1.807, 2.05) is 0 Å². The summed E-state index contributed by atoms with van der Waals surface area (Å²) in [6.07, 6.45) is 1.59. The molecule has 2 aromatic carbocycles. The fourth-order valence-electron chi connectivity index (χ4n) is 3.36. The second-order valence-corrected chi connectivity index (χ2v) is 7.52. The Morgan fingerprint density at radius 1 is 1.08 bits per heavy atom. The Bertz CT molecular complexity index is 777. The number of fused-ring (bicyclic) bond motifs is 1. The molecule has 24 heavy (non-hydrogen) atoms. The summed E-state index contributed by atoms with van der Waals surface area (Å²) in [6, 6.07) is 11.0. The van der Waals surface area contributed by atoms with Crippen LogP contribution in [0.3, 0.4) is 0 Å². The average molecular weight is 345 g/mol. The van der Waals surface area contributed by atoms with E-state index in [4.69, 9.17) is 0 Å². The van der Waals surface area contributed by atoms with E-state index >= 15 is 0 Å². The van der Waals surface area contributed by atoms with Gasteiger partial charge in [0.05, 0.1) is 6.04 Å². The maximum absolute atomic E-state index is 13.5. The van der Waals surface area contributed by atoms with Crippen molar-refractivity contribution in [1.29, 1.82) is 0 Å². The highest BCUT2D eigenvalue weighted by Gasteiger charge is 2.44. The lowest BCUT2D eigenvalue weighted by Gasteiger charge is -2.26. The fourth-order valence-corrected chi connectivity index (χ4v) is 4.46. The quantitative estimate of drug-likeness (QED) is 0.892. The smallest absolute Gasteiger partial charge is 0.224 e. The Balaban J connectivity index is 1.45. The molecule has 1 fully saturated rings. The molecule has 124 valence electrons. The summed E-state index contributed by atoms with van der Waals surface area (Å²) in [6.45, 7) is 0. The largest absolute Gasteiger partial charge is 0.349 e. The molecule has 1 heterocycles. The van der Waals surface area contributed by atoms with Gasteiger partial charge in [0, 0.05) is 16.6 Å². The molecule has 1 aliphatic heterocycles. The molecule has 5 heteroatoms. The molecule has 1 amide bonds. The number of benzene rings is 2. The van der Waals surface area contributed by atoms with Crippen molar-refractivity contribution in [3.05, 3.63) is 65.2 Å². The van der Waals surface area contributed by atoms with E-state index < -0.39 is 0 Å². The Morgan fingerprint density at radius 2 is 1.83 bits per heavy atom. The van der Waals surface area contributed by atoms with Crippen LogP contribution in [0.4, 0.5) is 8.78 Å². The molecule has 0 radical (unpaired) electrons. The van der Waals surface area contributed by atoms with Gasteiger partial charge in [0.2, 0.25) is 5.91 Å². The highest BCUT2D eigenvalue weighted by molar-refractivity contribution is 7.99. The normalized spacial score (nSPS) is 25.0. The molecule has 0 bridgehead atoms. The number of nitrogens with one attached hydrogen (secondary N) is 1. The molecule has 0 spiro atoms. The lowest BCUT2D eigenvalue weighted by atomic mass is 10.0. The Labute approximate surface area is 143 Å². The molecule has 2 aromatic rings. The number of hydrogen-bond acceptors (Lipinski definition) is 2. The number of carbonyl (C=O) groups excluding carboxylic acids is 1. The molecule has 3 unspecified atom stereocenters. The third kappa shape index (κ3) is 3.05. The zero-order valence-corrected chi connectivity index (χ0v) is 13.8. The van der Waals surface area contributed by atoms with Gasteiger partial charge in [-0.3, -0.25) is 4.79 Å². The monoisotopic (exact) mass is 345 g/mol. The van der Waals surface area contributed by atoms with Crippen molar-refractivity contribution in [2.45, 2.75) is 29.7 Å². The van der Waals surface area contributed by atoms with Crippen molar-refractivity contribution >= 4 is 17.7 Å². The second kappa shape index (κ2) is 6.20. The van der Waals surface area contributed by atoms with Gasteiger partial charge in [-0.25, -0.2) is 8.78 Å². The topological polar surface area (TPSA) is 29.1 Å². The Morgan fingerprint density at radius 3 is 2.62 bits per heavy atom. The first-order valence-electron chi connectivity index (χ1n) is 8.10. The van der Waals surface area contributed by atoms with Crippen LogP contribution in [0.1, 0.15) is 35.9 Å². The Hall–Kier alpha value is -1.88. The molecule has 3 atom stereocenters. The first-order chi connectivity index (χ1) is 11.6. The molecule has 2 nitrogen and oxygen atoms in total. The molecule has 2 aliphatic rings. The van der Waals surface area contributed by atoms with E-state index in [1.54, 1.807) is 30.0 Å². The predicted octanol–water partition coefficient (Wildman–Crippen LogP) is 4.42. The van der Waals surface area contributed by atoms with E-state index in [-0.39, 0.29) is 35.4 Å². The zero-order chi connectivity index (χ0) is 16.7. The van der Waals surface area contributed by atoms with Crippen LogP contribution in [-0.4, -0.2) is 11.7 Å². The van der Waals surface area contributed by atoms with Crippen LogP contribution in [0.2, 0.25) is 0 Å². The zero-order valence-electron chi connectivity index (χ0n) is 13.0. The SMILES string of the molecule is O=C(NC1CCSc2ccc(F)cc21)C1CC1c1ccc(F)cc1. The summed E-state index contributed by atoms with van der Waals surface area (Å²) in [5.74, 6) is 0.481. The molecule has 4 rings (SSSR count). The number of thioether (sulfide) groups is 1. The molecular formula is C19H17F2NOS. The van der Waals surface area contributed by atoms with Crippen molar-refractivity contribution < 1.29 is 13.6 Å². The van der Waals surface area contributed by atoms with Crippen molar-refractivity contribution in [3.63, 3.8) is 0 Å². The summed E-state index contributed by atoms with van der Waals surface area (Å²) in [4.78, 5) is 13.6. The van der Waals surface area contributed by atoms with Crippen LogP contribution in [0.15, 0.2) is 47.4 Å². The fraction of sp³-hybridized carbons (Fsp3) is 0.316. The minimum absolute atomic E-state index is 0.0106. The predicted molar refractivity (Wildman–Crippen MR) is 89.9 cm³/mol. The van der Waals surface area contributed by atoms with Crippen molar-refractivity contribution in [2.75, 3.05) is 5.75 Å². The van der Waals surface area contributed by atoms with Crippen LogP contribution in [0.5, 0.6) is 0 Å². The van der Waals surface area contributed by atoms with E-state index in [2.05, 4.69) is 5.32 Å². The lowest BCUT2D eigenvalue weighted by Crippen LogP contribution is -2.32. The maximum Gasteiger partial charge on any atom is 0.224 e. The first kappa shape index (κ1) is 15.6. The van der Waals surface area contributed by atoms with Gasteiger partial charge >= 0.3 is 0 Å². The third-order valence-corrected chi connectivity index (χ3v) is 5.88. The third-order valence-electron chi connectivity index (χ3n) is 4.75. The highest BCUT2D eigenvalue weighted by atomic mass is 32.2. The second-order valence-electron chi connectivity index (χ2n) is 6.38. The van der Waals surface area contributed by atoms with Gasteiger partial charge in [-0.1, -0.05) is 12.1 Å². The van der Waals surface area contributed by atoms with Crippen LogP contribution >= 0.6 is 11.8 Å². The number of rotatable bonds is 3. The van der Waals surface area contributed by atoms with Gasteiger partial charge in [-0.2, -0.15) is 0 Å². The molecule has 1 N–H and O–H groups in total. The first-order valence-corrected chi connectivity index (χ1v) is 9.08. The minimum Gasteiger partial charge on any atom is -0.349 e. The maximum atomic E-state index is 13.5. The van der Waals surface area contributed by atoms with Gasteiger partial charge < -0.3 is 5.32 Å². The lowest BCUT2D eigenvalue weighted by molar-refractivity contribution is -0.123. The van der Waals surface area contributed by atoms with Crippen LogP contribution < -0.4 is 5.32 Å². The van der Waals surface area contributed by atoms with Gasteiger partial charge in [-0.05, 0) is 60.2 Å².